The fourth-order valence-corrected chi connectivity index (χ4v) is 3.01. The van der Waals surface area contributed by atoms with Gasteiger partial charge in [-0.05, 0) is 31.1 Å². The van der Waals surface area contributed by atoms with Crippen molar-refractivity contribution in [3.63, 3.8) is 0 Å². The fraction of sp³-hybridized carbons (Fsp3) is 0.174. The number of aromatic nitrogens is 1. The summed E-state index contributed by atoms with van der Waals surface area (Å²) in [5.74, 6) is -11.1. The van der Waals surface area contributed by atoms with Crippen LogP contribution in [0.5, 0.6) is 23.0 Å². The van der Waals surface area contributed by atoms with Gasteiger partial charge in [0, 0.05) is 27.6 Å². The second-order valence-corrected chi connectivity index (χ2v) is 7.16. The maximum Gasteiger partial charge on any atom is 0.573 e. The van der Waals surface area contributed by atoms with Crippen molar-refractivity contribution < 1.29 is 58.7 Å². The second kappa shape index (κ2) is 10.9. The molecule has 37 heavy (non-hydrogen) atoms. The Morgan fingerprint density at radius 3 is 2.46 bits per heavy atom. The van der Waals surface area contributed by atoms with E-state index in [2.05, 4.69) is 24.5 Å². The van der Waals surface area contributed by atoms with Crippen molar-refractivity contribution in [3.8, 4) is 23.0 Å². The molecule has 1 heterocycles. The zero-order valence-electron chi connectivity index (χ0n) is 24.1. The summed E-state index contributed by atoms with van der Waals surface area (Å²) in [4.78, 5) is 28.7. The molecule has 8 nitrogen and oxygen atoms in total. The van der Waals surface area contributed by atoms with Gasteiger partial charge in [0.05, 0.1) is 23.3 Å². The Balaban J connectivity index is 2.20. The lowest BCUT2D eigenvalue weighted by Gasteiger charge is -2.18. The molecule has 1 aromatic heterocycles. The van der Waals surface area contributed by atoms with Crippen LogP contribution >= 0.6 is 11.6 Å². The Morgan fingerprint density at radius 2 is 1.81 bits per heavy atom. The number of rotatable bonds is 7. The van der Waals surface area contributed by atoms with Gasteiger partial charge >= 0.3 is 12.3 Å². The minimum Gasteiger partial charge on any atom is -0.490 e. The summed E-state index contributed by atoms with van der Waals surface area (Å²) in [6.07, 6.45) is -4.34. The summed E-state index contributed by atoms with van der Waals surface area (Å²) in [7, 11) is -2.42. The fourth-order valence-electron chi connectivity index (χ4n) is 2.83. The zero-order valence-corrected chi connectivity index (χ0v) is 18.9. The highest BCUT2D eigenvalue weighted by Gasteiger charge is 2.34. The Morgan fingerprint density at radius 1 is 1.08 bits per heavy atom. The number of amides is 1. The molecule has 14 heteroatoms. The predicted octanol–water partition coefficient (Wildman–Crippen LogP) is 6.06. The molecular formula is C23H16ClF5N2O6. The Kier molecular flexibility index (Phi) is 5.87. The molecule has 0 saturated carbocycles. The number of halogens is 6. The number of hydrogen-bond donors (Lipinski definition) is 1. The molecule has 0 atom stereocenters. The average Bonchev–Trinajstić information content (AvgIpc) is 2.85. The summed E-state index contributed by atoms with van der Waals surface area (Å²) in [5.41, 5.74) is -2.79. The molecule has 0 saturated heterocycles. The molecule has 0 fully saturated rings. The van der Waals surface area contributed by atoms with E-state index in [0.29, 0.717) is 18.2 Å². The average molecular weight is 553 g/mol. The van der Waals surface area contributed by atoms with Crippen LogP contribution in [0.15, 0.2) is 36.5 Å². The molecule has 0 spiro atoms. The summed E-state index contributed by atoms with van der Waals surface area (Å²) in [6.45, 7) is -3.23. The van der Waals surface area contributed by atoms with Crippen molar-refractivity contribution in [2.45, 2.75) is 13.2 Å². The van der Waals surface area contributed by atoms with Crippen LogP contribution in [0, 0.1) is 18.5 Å². The molecule has 2 aromatic carbocycles. The maximum absolute atomic E-state index is 15.7. The van der Waals surface area contributed by atoms with Gasteiger partial charge in [-0.3, -0.25) is 4.79 Å². The maximum atomic E-state index is 15.7. The summed E-state index contributed by atoms with van der Waals surface area (Å²) >= 11 is 5.96. The van der Waals surface area contributed by atoms with Crippen LogP contribution in [0.25, 0.3) is 0 Å². The first kappa shape index (κ1) is 20.0. The Hall–Kier alpha value is -4.13. The third-order valence-electron chi connectivity index (χ3n) is 4.39. The standard InChI is InChI=1S/C23H16ClF5N2O6/c1-10-12(24)9-16(36-15-5-4-14(37-23(27,28)29)19(26)20(15)34-2)17(18(10)25)21(32)31-11-6-7-30-13(8-11)22(33)35-3/h4-9H,1-3H3,(H,30,31,32)/i1D3,2D3. The predicted molar refractivity (Wildman–Crippen MR) is 119 cm³/mol. The lowest BCUT2D eigenvalue weighted by molar-refractivity contribution is -0.275. The summed E-state index contributed by atoms with van der Waals surface area (Å²) in [6, 6.07) is 3.69. The molecule has 0 radical (unpaired) electrons. The number of carbonyl (C=O) groups excluding carboxylic acids is 2. The molecule has 0 aliphatic heterocycles. The van der Waals surface area contributed by atoms with E-state index in [1.165, 1.54) is 0 Å². The molecule has 0 unspecified atom stereocenters. The number of alkyl halides is 3. The quantitative estimate of drug-likeness (QED) is 0.281. The van der Waals surface area contributed by atoms with Crippen LogP contribution in [0.1, 0.15) is 34.6 Å². The zero-order chi connectivity index (χ0) is 32.5. The molecule has 1 N–H and O–H groups in total. The van der Waals surface area contributed by atoms with Gasteiger partial charge < -0.3 is 24.3 Å². The van der Waals surface area contributed by atoms with Crippen LogP contribution in [0.3, 0.4) is 0 Å². The summed E-state index contributed by atoms with van der Waals surface area (Å²) < 4.78 is 131. The first-order valence-electron chi connectivity index (χ1n) is 12.5. The normalized spacial score (nSPS) is 14.1. The minimum atomic E-state index is -5.41. The number of nitrogens with one attached hydrogen (secondary N) is 1. The van der Waals surface area contributed by atoms with Gasteiger partial charge in [0.2, 0.25) is 11.6 Å². The van der Waals surface area contributed by atoms with E-state index >= 15 is 4.39 Å². The highest BCUT2D eigenvalue weighted by molar-refractivity contribution is 6.31. The van der Waals surface area contributed by atoms with Gasteiger partial charge in [0.25, 0.3) is 5.91 Å². The van der Waals surface area contributed by atoms with Crippen molar-refractivity contribution in [3.05, 3.63) is 70.0 Å². The lowest BCUT2D eigenvalue weighted by atomic mass is 10.1. The smallest absolute Gasteiger partial charge is 0.490 e. The number of ether oxygens (including phenoxy) is 4. The number of pyridine rings is 1. The van der Waals surface area contributed by atoms with Crippen LogP contribution in [-0.2, 0) is 4.74 Å². The SMILES string of the molecule is [2H]C([2H])([2H])Oc1c(Oc2cc(Cl)c(C([2H])([2H])[2H])c(F)c2C(=O)Nc2ccnc(C(=O)OC)c2)ccc(OC(F)(F)F)c1F. The number of nitrogens with zero attached hydrogens (tertiary/aromatic N) is 1. The van der Waals surface area contributed by atoms with Gasteiger partial charge in [-0.25, -0.2) is 14.2 Å². The van der Waals surface area contributed by atoms with Crippen LogP contribution < -0.4 is 19.5 Å². The van der Waals surface area contributed by atoms with E-state index in [9.17, 15) is 27.2 Å². The van der Waals surface area contributed by atoms with E-state index < -0.39 is 82.9 Å². The van der Waals surface area contributed by atoms with Gasteiger partial charge in [0.15, 0.2) is 11.5 Å². The van der Waals surface area contributed by atoms with E-state index in [-0.39, 0.29) is 11.4 Å². The molecule has 196 valence electrons. The van der Waals surface area contributed by atoms with Crippen LogP contribution in [0.2, 0.25) is 5.02 Å². The summed E-state index contributed by atoms with van der Waals surface area (Å²) in [5, 5.41) is 1.35. The molecular weight excluding hydrogens is 531 g/mol. The number of hydrogen-bond acceptors (Lipinski definition) is 7. The number of methoxy groups -OCH3 is 2. The molecule has 1 amide bonds. The first-order chi connectivity index (χ1) is 19.7. The molecule has 0 aliphatic rings. The number of carbonyl (C=O) groups is 2. The van der Waals surface area contributed by atoms with E-state index in [4.69, 9.17) is 24.6 Å². The topological polar surface area (TPSA) is 96.0 Å². The molecule has 0 bridgehead atoms. The van der Waals surface area contributed by atoms with E-state index in [0.717, 1.165) is 25.4 Å². The van der Waals surface area contributed by atoms with Gasteiger partial charge in [-0.2, -0.15) is 4.39 Å². The van der Waals surface area contributed by atoms with Gasteiger partial charge in [0.1, 0.15) is 22.8 Å². The number of esters is 1. The first-order valence-corrected chi connectivity index (χ1v) is 9.93. The molecule has 0 aliphatic carbocycles. The lowest BCUT2D eigenvalue weighted by Crippen LogP contribution is -2.18. The van der Waals surface area contributed by atoms with Crippen molar-refractivity contribution in [1.82, 2.24) is 4.98 Å². The third-order valence-corrected chi connectivity index (χ3v) is 4.69. The number of anilines is 1. The molecule has 3 aromatic rings. The Labute approximate surface area is 219 Å². The monoisotopic (exact) mass is 552 g/mol. The van der Waals surface area contributed by atoms with Gasteiger partial charge in [-0.15, -0.1) is 13.2 Å². The largest absolute Gasteiger partial charge is 0.573 e. The highest BCUT2D eigenvalue weighted by Crippen LogP contribution is 2.42. The molecule has 3 rings (SSSR count). The van der Waals surface area contributed by atoms with E-state index in [1.807, 2.05) is 0 Å². The van der Waals surface area contributed by atoms with Crippen molar-refractivity contribution in [2.24, 2.45) is 0 Å². The van der Waals surface area contributed by atoms with Crippen LogP contribution in [-0.4, -0.2) is 37.4 Å². The minimum absolute atomic E-state index is 0.178. The highest BCUT2D eigenvalue weighted by atomic mass is 35.5. The van der Waals surface area contributed by atoms with Crippen molar-refractivity contribution in [1.29, 1.82) is 0 Å². The van der Waals surface area contributed by atoms with E-state index in [1.54, 1.807) is 0 Å². The number of benzene rings is 2. The van der Waals surface area contributed by atoms with Crippen LogP contribution in [0.4, 0.5) is 27.6 Å². The third kappa shape index (κ3) is 6.17. The van der Waals surface area contributed by atoms with Crippen molar-refractivity contribution >= 4 is 29.2 Å². The van der Waals surface area contributed by atoms with Gasteiger partial charge in [-0.1, -0.05) is 11.6 Å². The van der Waals surface area contributed by atoms with Crippen molar-refractivity contribution in [2.75, 3.05) is 19.5 Å². The Bertz CT molecular complexity index is 1570. The second-order valence-electron chi connectivity index (χ2n) is 6.75.